The average molecular weight is 486 g/mol. The summed E-state index contributed by atoms with van der Waals surface area (Å²) in [6.45, 7) is 9.23. The number of piperazine rings is 1. The molecule has 0 radical (unpaired) electrons. The van der Waals surface area contributed by atoms with E-state index < -0.39 is 21.3 Å². The van der Waals surface area contributed by atoms with Gasteiger partial charge in [0.15, 0.2) is 9.84 Å². The van der Waals surface area contributed by atoms with E-state index in [4.69, 9.17) is 4.74 Å². The molecule has 2 saturated heterocycles. The molecule has 0 aromatic heterocycles. The molecule has 1 aromatic carbocycles. The number of anilines is 1. The molecule has 0 aliphatic carbocycles. The van der Waals surface area contributed by atoms with Crippen LogP contribution in [0.15, 0.2) is 23.1 Å². The van der Waals surface area contributed by atoms with E-state index in [1.807, 2.05) is 25.7 Å². The number of halogens is 1. The van der Waals surface area contributed by atoms with Crippen molar-refractivity contribution in [1.29, 1.82) is 0 Å². The molecule has 2 aliphatic heterocycles. The lowest BCUT2D eigenvalue weighted by Gasteiger charge is -2.49. The first-order valence-electron chi connectivity index (χ1n) is 11.6. The number of likely N-dealkylation sites (tertiary alicyclic amines) is 1. The van der Waals surface area contributed by atoms with Crippen LogP contribution in [0.1, 0.15) is 40.0 Å². The predicted molar refractivity (Wildman–Crippen MR) is 125 cm³/mol. The molecule has 0 bridgehead atoms. The highest BCUT2D eigenvalue weighted by Gasteiger charge is 2.30. The first kappa shape index (κ1) is 25.7. The Morgan fingerprint density at radius 1 is 1.18 bits per heavy atom. The molecule has 186 valence electrons. The van der Waals surface area contributed by atoms with E-state index in [9.17, 15) is 22.8 Å². The number of hydrogen-bond acceptors (Lipinski definition) is 6. The van der Waals surface area contributed by atoms with Gasteiger partial charge in [-0.05, 0) is 64.2 Å². The molecule has 0 atom stereocenters. The normalized spacial score (nSPS) is 20.1. The van der Waals surface area contributed by atoms with Crippen molar-refractivity contribution in [1.82, 2.24) is 4.90 Å². The van der Waals surface area contributed by atoms with Gasteiger partial charge in [-0.15, -0.1) is 0 Å². The van der Waals surface area contributed by atoms with Gasteiger partial charge < -0.3 is 24.4 Å². The molecule has 8 nitrogen and oxygen atoms in total. The Morgan fingerprint density at radius 2 is 1.79 bits per heavy atom. The maximum absolute atomic E-state index is 14.2. The maximum Gasteiger partial charge on any atom is 0.410 e. The quantitative estimate of drug-likeness (QED) is 0.469. The van der Waals surface area contributed by atoms with Crippen molar-refractivity contribution in [2.75, 3.05) is 57.0 Å². The van der Waals surface area contributed by atoms with Crippen LogP contribution in [0.25, 0.3) is 0 Å². The predicted octanol–water partition coefficient (Wildman–Crippen LogP) is 3.40. The highest BCUT2D eigenvalue weighted by Crippen LogP contribution is 2.27. The van der Waals surface area contributed by atoms with E-state index in [0.717, 1.165) is 25.5 Å². The molecule has 10 heteroatoms. The summed E-state index contributed by atoms with van der Waals surface area (Å²) in [7, 11) is -3.61. The molecule has 0 unspecified atom stereocenters. The van der Waals surface area contributed by atoms with Crippen LogP contribution < -0.4 is 4.90 Å². The Labute approximate surface area is 196 Å². The Balaban J connectivity index is 1.45. The molecule has 2 fully saturated rings. The third-order valence-electron chi connectivity index (χ3n) is 6.45. The van der Waals surface area contributed by atoms with Gasteiger partial charge in [-0.2, -0.15) is 0 Å². The standard InChI is InChI=1S/C23H36FN3O5S/c1-23(2,3)32-22(28)26-10-7-18(8-11-26)9-14-27(29)15-12-25(13-16-27)19-5-6-21(20(24)17-19)33(4,30)31/h5-6,17-18H,7-16H2,1-4H3. The molecule has 0 N–H and O–H groups in total. The topological polar surface area (TPSA) is 90.0 Å². The van der Waals surface area contributed by atoms with Gasteiger partial charge in [0, 0.05) is 25.0 Å². The molecule has 3 rings (SSSR count). The number of amides is 1. The summed E-state index contributed by atoms with van der Waals surface area (Å²) >= 11 is 0. The van der Waals surface area contributed by atoms with E-state index in [1.165, 1.54) is 12.1 Å². The molecule has 1 amide bonds. The van der Waals surface area contributed by atoms with Crippen molar-refractivity contribution >= 4 is 21.6 Å². The Hall–Kier alpha value is -1.91. The van der Waals surface area contributed by atoms with Crippen LogP contribution in [0, 0.1) is 16.9 Å². The number of carbonyl (C=O) groups is 1. The van der Waals surface area contributed by atoms with Crippen molar-refractivity contribution in [2.24, 2.45) is 5.92 Å². The van der Waals surface area contributed by atoms with Gasteiger partial charge in [0.2, 0.25) is 0 Å². The number of sulfone groups is 1. The minimum atomic E-state index is -3.61. The molecule has 0 spiro atoms. The summed E-state index contributed by atoms with van der Waals surface area (Å²) in [6, 6.07) is 4.12. The zero-order valence-electron chi connectivity index (χ0n) is 20.0. The third-order valence-corrected chi connectivity index (χ3v) is 7.58. The average Bonchev–Trinajstić information content (AvgIpc) is 2.71. The fraction of sp³-hybridized carbons (Fsp3) is 0.696. The van der Waals surface area contributed by atoms with E-state index in [0.29, 0.717) is 57.4 Å². The zero-order chi connectivity index (χ0) is 24.4. The van der Waals surface area contributed by atoms with Crippen molar-refractivity contribution < 1.29 is 27.0 Å². The summed E-state index contributed by atoms with van der Waals surface area (Å²) in [5, 5.41) is 13.2. The zero-order valence-corrected chi connectivity index (χ0v) is 20.9. The van der Waals surface area contributed by atoms with E-state index in [1.54, 1.807) is 11.0 Å². The fourth-order valence-electron chi connectivity index (χ4n) is 4.45. The number of nitrogens with zero attached hydrogens (tertiary/aromatic N) is 3. The van der Waals surface area contributed by atoms with Gasteiger partial charge in [0.25, 0.3) is 0 Å². The van der Waals surface area contributed by atoms with Gasteiger partial charge in [-0.25, -0.2) is 17.6 Å². The number of hydroxylamine groups is 3. The number of benzene rings is 1. The lowest BCUT2D eigenvalue weighted by Crippen LogP contribution is -2.57. The number of rotatable bonds is 5. The van der Waals surface area contributed by atoms with Crippen LogP contribution in [0.5, 0.6) is 0 Å². The van der Waals surface area contributed by atoms with Crippen molar-refractivity contribution in [3.63, 3.8) is 0 Å². The largest absolute Gasteiger partial charge is 0.633 e. The van der Waals surface area contributed by atoms with E-state index in [-0.39, 0.29) is 15.6 Å². The molecule has 33 heavy (non-hydrogen) atoms. The van der Waals surface area contributed by atoms with E-state index >= 15 is 0 Å². The molecule has 0 saturated carbocycles. The van der Waals surface area contributed by atoms with Gasteiger partial charge >= 0.3 is 6.09 Å². The van der Waals surface area contributed by atoms with Crippen LogP contribution in [-0.4, -0.2) is 81.7 Å². The number of carbonyl (C=O) groups excluding carboxylic acids is 1. The van der Waals surface area contributed by atoms with Gasteiger partial charge in [0.1, 0.15) is 16.3 Å². The second kappa shape index (κ2) is 9.76. The monoisotopic (exact) mass is 485 g/mol. The summed E-state index contributed by atoms with van der Waals surface area (Å²) in [5.41, 5.74) is 0.0946. The molecular formula is C23H36FN3O5S. The van der Waals surface area contributed by atoms with Gasteiger partial charge in [-0.1, -0.05) is 0 Å². The molecule has 1 aromatic rings. The first-order valence-corrected chi connectivity index (χ1v) is 13.4. The van der Waals surface area contributed by atoms with Crippen molar-refractivity contribution in [3.05, 3.63) is 29.2 Å². The van der Waals surface area contributed by atoms with Crippen LogP contribution in [0.4, 0.5) is 14.9 Å². The summed E-state index contributed by atoms with van der Waals surface area (Å²) in [6.07, 6.45) is 3.28. The van der Waals surface area contributed by atoms with E-state index in [2.05, 4.69) is 0 Å². The number of piperidine rings is 1. The summed E-state index contributed by atoms with van der Waals surface area (Å²) < 4.78 is 42.6. The fourth-order valence-corrected chi connectivity index (χ4v) is 5.18. The van der Waals surface area contributed by atoms with Crippen LogP contribution in [-0.2, 0) is 14.6 Å². The number of quaternary nitrogens is 1. The second-order valence-corrected chi connectivity index (χ2v) is 12.3. The summed E-state index contributed by atoms with van der Waals surface area (Å²) in [5.74, 6) is -0.343. The first-order chi connectivity index (χ1) is 15.3. The Morgan fingerprint density at radius 3 is 2.30 bits per heavy atom. The number of ether oxygens (including phenoxy) is 1. The van der Waals surface area contributed by atoms with Crippen molar-refractivity contribution in [3.8, 4) is 0 Å². The minimum absolute atomic E-state index is 0.271. The molecular weight excluding hydrogens is 449 g/mol. The molecule has 2 heterocycles. The Bertz CT molecular complexity index is 947. The maximum atomic E-state index is 14.2. The second-order valence-electron chi connectivity index (χ2n) is 10.3. The molecule has 2 aliphatic rings. The van der Waals surface area contributed by atoms with Crippen molar-refractivity contribution in [2.45, 2.75) is 50.5 Å². The smallest absolute Gasteiger partial charge is 0.410 e. The van der Waals surface area contributed by atoms with Crippen LogP contribution in [0.2, 0.25) is 0 Å². The van der Waals surface area contributed by atoms with Crippen LogP contribution in [0.3, 0.4) is 0 Å². The highest BCUT2D eigenvalue weighted by atomic mass is 32.2. The highest BCUT2D eigenvalue weighted by molar-refractivity contribution is 7.90. The lowest BCUT2D eigenvalue weighted by atomic mass is 9.93. The summed E-state index contributed by atoms with van der Waals surface area (Å²) in [4.78, 5) is 15.6. The third kappa shape index (κ3) is 7.04. The minimum Gasteiger partial charge on any atom is -0.633 e. The lowest BCUT2D eigenvalue weighted by molar-refractivity contribution is -0.881. The van der Waals surface area contributed by atoms with Gasteiger partial charge in [0.05, 0.1) is 32.7 Å². The van der Waals surface area contributed by atoms with Gasteiger partial charge in [-0.3, -0.25) is 0 Å². The SMILES string of the molecule is CC(C)(C)OC(=O)N1CCC(CC[N+]2([O-])CCN(c3ccc(S(C)(=O)=O)c(F)c3)CC2)CC1. The van der Waals surface area contributed by atoms with Crippen LogP contribution >= 0.6 is 0 Å². The number of hydrogen-bond donors (Lipinski definition) is 0. The Kier molecular flexibility index (Phi) is 7.60.